The lowest BCUT2D eigenvalue weighted by molar-refractivity contribution is 0.122. The van der Waals surface area contributed by atoms with E-state index in [4.69, 9.17) is 0 Å². The molecule has 1 aromatic heterocycles. The summed E-state index contributed by atoms with van der Waals surface area (Å²) in [5, 5.41) is 9.17. The molecule has 138 valence electrons. The molecule has 1 saturated heterocycles. The molecule has 0 saturated carbocycles. The second-order valence-electron chi connectivity index (χ2n) is 6.72. The summed E-state index contributed by atoms with van der Waals surface area (Å²) < 4.78 is 23.9. The third kappa shape index (κ3) is 4.04. The maximum Gasteiger partial charge on any atom is 0.407 e. The Morgan fingerprint density at radius 1 is 1.19 bits per heavy atom. The van der Waals surface area contributed by atoms with Crippen LogP contribution in [0, 0.1) is 5.92 Å². The quantitative estimate of drug-likeness (QED) is 0.889. The minimum absolute atomic E-state index is 0.0126. The monoisotopic (exact) mass is 374 g/mol. The molecular formula is C19H22N2O4S. The first-order valence-electron chi connectivity index (χ1n) is 8.54. The normalized spacial score (nSPS) is 17.0. The second-order valence-corrected chi connectivity index (χ2v) is 8.73. The van der Waals surface area contributed by atoms with Gasteiger partial charge in [0.25, 0.3) is 0 Å². The van der Waals surface area contributed by atoms with Crippen LogP contribution in [0.4, 0.5) is 4.79 Å². The van der Waals surface area contributed by atoms with E-state index in [2.05, 4.69) is 4.98 Å². The number of piperidine rings is 1. The lowest BCUT2D eigenvalue weighted by Crippen LogP contribution is -2.39. The van der Waals surface area contributed by atoms with E-state index in [1.54, 1.807) is 30.6 Å². The molecule has 2 heterocycles. The number of hydrogen-bond donors (Lipinski definition) is 1. The molecule has 0 bridgehead atoms. The maximum atomic E-state index is 12.0. The topological polar surface area (TPSA) is 87.6 Å². The van der Waals surface area contributed by atoms with Crippen LogP contribution in [-0.2, 0) is 9.84 Å². The number of aromatic nitrogens is 1. The SMILES string of the molecule is CS(=O)(=O)c1cccc([C@@H](c2cccnc2)C2CCN(C(=O)O)CC2)c1. The fraction of sp³-hybridized carbons (Fsp3) is 0.368. The third-order valence-electron chi connectivity index (χ3n) is 4.97. The molecule has 1 amide bonds. The number of hydrogen-bond acceptors (Lipinski definition) is 4. The average Bonchev–Trinajstić information content (AvgIpc) is 2.63. The Hall–Kier alpha value is -2.41. The van der Waals surface area contributed by atoms with E-state index in [-0.39, 0.29) is 11.8 Å². The van der Waals surface area contributed by atoms with Crippen LogP contribution in [-0.4, -0.2) is 48.8 Å². The molecule has 3 rings (SSSR count). The van der Waals surface area contributed by atoms with Gasteiger partial charge in [-0.15, -0.1) is 0 Å². The number of likely N-dealkylation sites (tertiary alicyclic amines) is 1. The molecule has 0 radical (unpaired) electrons. The van der Waals surface area contributed by atoms with Crippen LogP contribution in [0.1, 0.15) is 29.9 Å². The summed E-state index contributed by atoms with van der Waals surface area (Å²) in [6, 6.07) is 10.9. The summed E-state index contributed by atoms with van der Waals surface area (Å²) in [6.07, 6.45) is 5.29. The van der Waals surface area contributed by atoms with Crippen molar-refractivity contribution in [3.8, 4) is 0 Å². The summed E-state index contributed by atoms with van der Waals surface area (Å²) in [7, 11) is -3.29. The third-order valence-corrected chi connectivity index (χ3v) is 6.08. The largest absolute Gasteiger partial charge is 0.465 e. The minimum atomic E-state index is -3.29. The first kappa shape index (κ1) is 18.4. The van der Waals surface area contributed by atoms with Gasteiger partial charge >= 0.3 is 6.09 Å². The molecule has 1 aromatic carbocycles. The van der Waals surface area contributed by atoms with Crippen LogP contribution in [0.2, 0.25) is 0 Å². The van der Waals surface area contributed by atoms with E-state index in [0.29, 0.717) is 18.0 Å². The Morgan fingerprint density at radius 3 is 2.46 bits per heavy atom. The highest BCUT2D eigenvalue weighted by Crippen LogP contribution is 2.38. The summed E-state index contributed by atoms with van der Waals surface area (Å²) in [4.78, 5) is 17.1. The number of benzene rings is 1. The summed E-state index contributed by atoms with van der Waals surface area (Å²) in [6.45, 7) is 0.977. The molecule has 0 unspecified atom stereocenters. The zero-order chi connectivity index (χ0) is 18.7. The highest BCUT2D eigenvalue weighted by molar-refractivity contribution is 7.90. The molecule has 1 aliphatic rings. The summed E-state index contributed by atoms with van der Waals surface area (Å²) in [5.41, 5.74) is 1.95. The van der Waals surface area contributed by atoms with Gasteiger partial charge < -0.3 is 10.0 Å². The van der Waals surface area contributed by atoms with E-state index in [9.17, 15) is 18.3 Å². The van der Waals surface area contributed by atoms with Gasteiger partial charge in [0.15, 0.2) is 9.84 Å². The number of carbonyl (C=O) groups is 1. The lowest BCUT2D eigenvalue weighted by Gasteiger charge is -2.35. The average molecular weight is 374 g/mol. The van der Waals surface area contributed by atoms with Crippen LogP contribution in [0.25, 0.3) is 0 Å². The Kier molecular flexibility index (Phi) is 5.27. The van der Waals surface area contributed by atoms with Crippen molar-refractivity contribution in [2.75, 3.05) is 19.3 Å². The molecule has 6 nitrogen and oxygen atoms in total. The number of nitrogens with zero attached hydrogens (tertiary/aromatic N) is 2. The summed E-state index contributed by atoms with van der Waals surface area (Å²) >= 11 is 0. The number of carboxylic acid groups (broad SMARTS) is 1. The zero-order valence-corrected chi connectivity index (χ0v) is 15.4. The Balaban J connectivity index is 1.97. The van der Waals surface area contributed by atoms with E-state index >= 15 is 0 Å². The predicted octanol–water partition coefficient (Wildman–Crippen LogP) is 3.01. The molecule has 0 spiro atoms. The van der Waals surface area contributed by atoms with Crippen LogP contribution in [0.3, 0.4) is 0 Å². The van der Waals surface area contributed by atoms with Crippen molar-refractivity contribution in [2.45, 2.75) is 23.7 Å². The van der Waals surface area contributed by atoms with Crippen LogP contribution < -0.4 is 0 Å². The van der Waals surface area contributed by atoms with Gasteiger partial charge in [0.1, 0.15) is 0 Å². The number of rotatable bonds is 4. The van der Waals surface area contributed by atoms with Crippen LogP contribution in [0.5, 0.6) is 0 Å². The molecular weight excluding hydrogens is 352 g/mol. The Labute approximate surface area is 153 Å². The highest BCUT2D eigenvalue weighted by atomic mass is 32.2. The van der Waals surface area contributed by atoms with E-state index in [0.717, 1.165) is 24.0 Å². The molecule has 7 heteroatoms. The van der Waals surface area contributed by atoms with E-state index in [1.165, 1.54) is 11.2 Å². The minimum Gasteiger partial charge on any atom is -0.465 e. The van der Waals surface area contributed by atoms with Crippen molar-refractivity contribution >= 4 is 15.9 Å². The lowest BCUT2D eigenvalue weighted by atomic mass is 9.76. The number of sulfone groups is 1. The molecule has 1 N–H and O–H groups in total. The number of amides is 1. The molecule has 26 heavy (non-hydrogen) atoms. The summed E-state index contributed by atoms with van der Waals surface area (Å²) in [5.74, 6) is 0.214. The molecule has 1 atom stereocenters. The number of pyridine rings is 1. The molecule has 0 aliphatic carbocycles. The Bertz CT molecular complexity index is 875. The first-order valence-corrected chi connectivity index (χ1v) is 10.4. The van der Waals surface area contributed by atoms with E-state index in [1.807, 2.05) is 18.2 Å². The molecule has 1 aliphatic heterocycles. The van der Waals surface area contributed by atoms with Crippen molar-refractivity contribution in [3.05, 3.63) is 59.9 Å². The fourth-order valence-corrected chi connectivity index (χ4v) is 4.34. The van der Waals surface area contributed by atoms with Gasteiger partial charge in [-0.3, -0.25) is 4.98 Å². The van der Waals surface area contributed by atoms with Crippen molar-refractivity contribution in [1.82, 2.24) is 9.88 Å². The Morgan fingerprint density at radius 2 is 1.88 bits per heavy atom. The van der Waals surface area contributed by atoms with Gasteiger partial charge in [-0.05, 0) is 48.1 Å². The van der Waals surface area contributed by atoms with Gasteiger partial charge in [-0.25, -0.2) is 13.2 Å². The second kappa shape index (κ2) is 7.45. The maximum absolute atomic E-state index is 12.0. The van der Waals surface area contributed by atoms with Crippen molar-refractivity contribution in [1.29, 1.82) is 0 Å². The fourth-order valence-electron chi connectivity index (χ4n) is 3.66. The van der Waals surface area contributed by atoms with Gasteiger partial charge in [0.05, 0.1) is 4.90 Å². The van der Waals surface area contributed by atoms with Gasteiger partial charge in [0.2, 0.25) is 0 Å². The van der Waals surface area contributed by atoms with Crippen LogP contribution in [0.15, 0.2) is 53.7 Å². The van der Waals surface area contributed by atoms with Gasteiger partial charge in [-0.2, -0.15) is 0 Å². The highest BCUT2D eigenvalue weighted by Gasteiger charge is 2.31. The van der Waals surface area contributed by atoms with Crippen molar-refractivity contribution < 1.29 is 18.3 Å². The molecule has 2 aromatic rings. The predicted molar refractivity (Wildman–Crippen MR) is 98.0 cm³/mol. The van der Waals surface area contributed by atoms with Gasteiger partial charge in [-0.1, -0.05) is 18.2 Å². The van der Waals surface area contributed by atoms with Crippen molar-refractivity contribution in [2.24, 2.45) is 5.92 Å². The van der Waals surface area contributed by atoms with Crippen LogP contribution >= 0.6 is 0 Å². The standard InChI is InChI=1S/C19H22N2O4S/c1-26(24,25)17-6-2-4-15(12-17)18(16-5-3-9-20-13-16)14-7-10-21(11-8-14)19(22)23/h2-6,9,12-14,18H,7-8,10-11H2,1H3,(H,22,23)/t18-/m0/s1. The van der Waals surface area contributed by atoms with Gasteiger partial charge in [0, 0.05) is 37.7 Å². The smallest absolute Gasteiger partial charge is 0.407 e. The molecule has 1 fully saturated rings. The van der Waals surface area contributed by atoms with E-state index < -0.39 is 15.9 Å². The first-order chi connectivity index (χ1) is 12.4. The van der Waals surface area contributed by atoms with Crippen molar-refractivity contribution in [3.63, 3.8) is 0 Å². The zero-order valence-electron chi connectivity index (χ0n) is 14.6.